The summed E-state index contributed by atoms with van der Waals surface area (Å²) in [7, 11) is 0. The summed E-state index contributed by atoms with van der Waals surface area (Å²) in [6, 6.07) is 5.95. The summed E-state index contributed by atoms with van der Waals surface area (Å²) in [5, 5.41) is 8.29. The second-order valence-corrected chi connectivity index (χ2v) is 9.69. The van der Waals surface area contributed by atoms with Crippen LogP contribution in [0, 0.1) is 12.3 Å². The smallest absolute Gasteiger partial charge is 0.250 e. The summed E-state index contributed by atoms with van der Waals surface area (Å²) in [4.78, 5) is 24.8. The van der Waals surface area contributed by atoms with Crippen LogP contribution in [0.4, 0.5) is 5.69 Å². The number of carbonyl (C=O) groups excluding carboxylic acids is 2. The van der Waals surface area contributed by atoms with Gasteiger partial charge in [-0.1, -0.05) is 39.5 Å². The number of Topliss-reactive ketones (excluding diaryl/α,β-unsaturated/α-hetero) is 1. The Hall–Kier alpha value is -2.63. The van der Waals surface area contributed by atoms with Crippen molar-refractivity contribution < 1.29 is 9.59 Å². The molecule has 2 aromatic rings. The van der Waals surface area contributed by atoms with Gasteiger partial charge in [-0.25, -0.2) is 4.68 Å². The average molecular weight is 409 g/mol. The van der Waals surface area contributed by atoms with Crippen LogP contribution in [0.5, 0.6) is 0 Å². The molecule has 6 nitrogen and oxygen atoms in total. The van der Waals surface area contributed by atoms with Crippen LogP contribution in [0.2, 0.25) is 0 Å². The van der Waals surface area contributed by atoms with Gasteiger partial charge >= 0.3 is 0 Å². The molecule has 2 aliphatic rings. The Morgan fingerprint density at radius 3 is 2.53 bits per heavy atom. The molecule has 1 heterocycles. The highest BCUT2D eigenvalue weighted by atomic mass is 16.1. The van der Waals surface area contributed by atoms with E-state index in [4.69, 9.17) is 10.8 Å². The van der Waals surface area contributed by atoms with Gasteiger partial charge < -0.3 is 11.1 Å². The van der Waals surface area contributed by atoms with Crippen molar-refractivity contribution >= 4 is 17.4 Å². The van der Waals surface area contributed by atoms with E-state index in [9.17, 15) is 9.59 Å². The fraction of sp³-hybridized carbons (Fsp3) is 0.542. The summed E-state index contributed by atoms with van der Waals surface area (Å²) >= 11 is 0. The predicted molar refractivity (Wildman–Crippen MR) is 118 cm³/mol. The average Bonchev–Trinajstić information content (AvgIpc) is 2.82. The zero-order valence-electron chi connectivity index (χ0n) is 18.3. The molecule has 0 unspecified atom stereocenters. The summed E-state index contributed by atoms with van der Waals surface area (Å²) in [6.07, 6.45) is 8.47. The minimum absolute atomic E-state index is 0.0943. The summed E-state index contributed by atoms with van der Waals surface area (Å²) < 4.78 is 1.88. The van der Waals surface area contributed by atoms with Crippen molar-refractivity contribution in [2.75, 3.05) is 5.32 Å². The maximum Gasteiger partial charge on any atom is 0.250 e. The molecular formula is C24H32N4O2. The Morgan fingerprint density at radius 2 is 1.87 bits per heavy atom. The molecule has 1 amide bonds. The van der Waals surface area contributed by atoms with Crippen molar-refractivity contribution in [3.63, 3.8) is 0 Å². The van der Waals surface area contributed by atoms with E-state index in [1.807, 2.05) is 23.7 Å². The van der Waals surface area contributed by atoms with Crippen LogP contribution in [-0.2, 0) is 6.42 Å². The number of anilines is 1. The monoisotopic (exact) mass is 408 g/mol. The zero-order valence-corrected chi connectivity index (χ0v) is 18.3. The lowest BCUT2D eigenvalue weighted by atomic mass is 9.75. The van der Waals surface area contributed by atoms with Crippen LogP contribution in [0.15, 0.2) is 18.2 Å². The minimum atomic E-state index is -0.437. The lowest BCUT2D eigenvalue weighted by Gasteiger charge is -2.29. The van der Waals surface area contributed by atoms with E-state index in [0.29, 0.717) is 18.0 Å². The van der Waals surface area contributed by atoms with Crippen LogP contribution < -0.4 is 11.1 Å². The number of aromatic nitrogens is 2. The van der Waals surface area contributed by atoms with Gasteiger partial charge in [0.1, 0.15) is 0 Å². The number of aryl methyl sites for hydroxylation is 1. The van der Waals surface area contributed by atoms with Crippen LogP contribution >= 0.6 is 0 Å². The van der Waals surface area contributed by atoms with E-state index < -0.39 is 5.91 Å². The molecule has 2 aliphatic carbocycles. The molecule has 0 spiro atoms. The van der Waals surface area contributed by atoms with Gasteiger partial charge in [0.25, 0.3) is 5.91 Å². The molecule has 0 bridgehead atoms. The highest BCUT2D eigenvalue weighted by molar-refractivity contribution is 6.00. The van der Waals surface area contributed by atoms with Crippen molar-refractivity contribution in [2.45, 2.75) is 78.2 Å². The highest BCUT2D eigenvalue weighted by Crippen LogP contribution is 2.37. The summed E-state index contributed by atoms with van der Waals surface area (Å²) in [6.45, 7) is 6.14. The molecule has 1 fully saturated rings. The van der Waals surface area contributed by atoms with Gasteiger partial charge in [0.05, 0.1) is 28.2 Å². The van der Waals surface area contributed by atoms with Crippen LogP contribution in [0.3, 0.4) is 0 Å². The Labute approximate surface area is 178 Å². The van der Waals surface area contributed by atoms with Crippen LogP contribution in [-0.4, -0.2) is 27.5 Å². The van der Waals surface area contributed by atoms with E-state index >= 15 is 0 Å². The van der Waals surface area contributed by atoms with Crippen molar-refractivity contribution in [2.24, 2.45) is 11.1 Å². The fourth-order valence-corrected chi connectivity index (χ4v) is 5.00. The maximum absolute atomic E-state index is 12.7. The molecule has 0 aliphatic heterocycles. The number of primary amides is 1. The van der Waals surface area contributed by atoms with Crippen LogP contribution in [0.25, 0.3) is 5.69 Å². The number of fused-ring (bicyclic) bond motifs is 1. The van der Waals surface area contributed by atoms with Gasteiger partial charge in [0.15, 0.2) is 5.78 Å². The molecule has 1 saturated carbocycles. The van der Waals surface area contributed by atoms with Crippen molar-refractivity contribution in [1.29, 1.82) is 0 Å². The Morgan fingerprint density at radius 1 is 1.17 bits per heavy atom. The van der Waals surface area contributed by atoms with Gasteiger partial charge in [-0.05, 0) is 49.8 Å². The third-order valence-electron chi connectivity index (χ3n) is 6.45. The Balaban J connectivity index is 1.75. The third kappa shape index (κ3) is 4.00. The maximum atomic E-state index is 12.7. The number of nitrogens with two attached hydrogens (primary N) is 1. The molecular weight excluding hydrogens is 376 g/mol. The van der Waals surface area contributed by atoms with E-state index in [0.717, 1.165) is 47.6 Å². The summed E-state index contributed by atoms with van der Waals surface area (Å²) in [5.41, 5.74) is 10.2. The number of nitrogens with zero attached hydrogens (tertiary/aromatic N) is 2. The lowest BCUT2D eigenvalue weighted by molar-refractivity contribution is 0.0909. The number of hydrogen-bond acceptors (Lipinski definition) is 4. The molecule has 0 radical (unpaired) electrons. The number of hydrogen-bond donors (Lipinski definition) is 2. The third-order valence-corrected chi connectivity index (χ3v) is 6.45. The first-order valence-corrected chi connectivity index (χ1v) is 11.1. The lowest BCUT2D eigenvalue weighted by Crippen LogP contribution is -2.28. The molecule has 1 aromatic heterocycles. The number of rotatable bonds is 4. The normalized spacial score (nSPS) is 19.2. The van der Waals surface area contributed by atoms with E-state index in [-0.39, 0.29) is 11.2 Å². The first kappa shape index (κ1) is 20.6. The van der Waals surface area contributed by atoms with Gasteiger partial charge in [0.2, 0.25) is 0 Å². The Kier molecular flexibility index (Phi) is 5.43. The number of benzene rings is 1. The minimum Gasteiger partial charge on any atom is -0.382 e. The molecule has 6 heteroatoms. The fourth-order valence-electron chi connectivity index (χ4n) is 5.00. The highest BCUT2D eigenvalue weighted by Gasteiger charge is 2.35. The molecule has 0 saturated heterocycles. The van der Waals surface area contributed by atoms with Gasteiger partial charge in [-0.3, -0.25) is 9.59 Å². The standard InChI is InChI=1S/C24H32N4O2/c1-15-22-20(13-24(2,3)14-21(22)29)28(27-15)17-10-11-18(23(25)30)19(12-17)26-16-8-6-4-5-7-9-16/h10-12,16,26H,4-9,13-14H2,1-3H3,(H2,25,30). The number of ketones is 1. The predicted octanol–water partition coefficient (Wildman–Crippen LogP) is 4.57. The van der Waals surface area contributed by atoms with Crippen molar-refractivity contribution in [3.8, 4) is 5.69 Å². The van der Waals surface area contributed by atoms with Crippen LogP contribution in [0.1, 0.15) is 90.9 Å². The SMILES string of the molecule is Cc1nn(-c2ccc(C(N)=O)c(NC3CCCCCC3)c2)c2c1C(=O)CC(C)(C)C2. The second-order valence-electron chi connectivity index (χ2n) is 9.69. The number of amides is 1. The number of carbonyl (C=O) groups is 2. The molecule has 1 aromatic carbocycles. The van der Waals surface area contributed by atoms with Gasteiger partial charge in [-0.15, -0.1) is 0 Å². The van der Waals surface area contributed by atoms with E-state index in [2.05, 4.69) is 19.2 Å². The first-order chi connectivity index (χ1) is 14.2. The van der Waals surface area contributed by atoms with Gasteiger partial charge in [0, 0.05) is 18.2 Å². The molecule has 3 N–H and O–H groups in total. The molecule has 4 rings (SSSR count). The second kappa shape index (κ2) is 7.89. The Bertz CT molecular complexity index is 981. The van der Waals surface area contributed by atoms with Crippen molar-refractivity contribution in [3.05, 3.63) is 40.7 Å². The quantitative estimate of drug-likeness (QED) is 0.725. The van der Waals surface area contributed by atoms with E-state index in [1.54, 1.807) is 6.07 Å². The molecule has 30 heavy (non-hydrogen) atoms. The molecule has 0 atom stereocenters. The largest absolute Gasteiger partial charge is 0.382 e. The van der Waals surface area contributed by atoms with E-state index in [1.165, 1.54) is 25.7 Å². The van der Waals surface area contributed by atoms with Crippen molar-refractivity contribution in [1.82, 2.24) is 9.78 Å². The zero-order chi connectivity index (χ0) is 21.5. The number of nitrogens with one attached hydrogen (secondary N) is 1. The topological polar surface area (TPSA) is 90.0 Å². The van der Waals surface area contributed by atoms with Gasteiger partial charge in [-0.2, -0.15) is 5.10 Å². The first-order valence-electron chi connectivity index (χ1n) is 11.1. The molecule has 160 valence electrons. The summed E-state index contributed by atoms with van der Waals surface area (Å²) in [5.74, 6) is -0.275.